The SMILES string of the molecule is CC(C)NC(=O)CSc1ccccc1C(=O)NNC(=O)COc1ccc(F)cc1. The molecule has 29 heavy (non-hydrogen) atoms. The maximum atomic E-state index is 12.8. The van der Waals surface area contributed by atoms with Crippen molar-refractivity contribution in [1.82, 2.24) is 16.2 Å². The fourth-order valence-corrected chi connectivity index (χ4v) is 3.06. The van der Waals surface area contributed by atoms with Crippen LogP contribution in [0.2, 0.25) is 0 Å². The van der Waals surface area contributed by atoms with Crippen LogP contribution in [0.3, 0.4) is 0 Å². The van der Waals surface area contributed by atoms with Crippen LogP contribution in [-0.4, -0.2) is 36.1 Å². The standard InChI is InChI=1S/C20H22FN3O4S/c1-13(2)22-19(26)12-29-17-6-4-3-5-16(17)20(27)24-23-18(25)11-28-15-9-7-14(21)8-10-15/h3-10,13H,11-12H2,1-2H3,(H,22,26)(H,23,25)(H,24,27). The Morgan fingerprint density at radius 3 is 2.38 bits per heavy atom. The molecule has 0 saturated carbocycles. The number of halogens is 1. The first-order valence-corrected chi connectivity index (χ1v) is 9.82. The fourth-order valence-electron chi connectivity index (χ4n) is 2.20. The molecule has 7 nitrogen and oxygen atoms in total. The Morgan fingerprint density at radius 2 is 1.69 bits per heavy atom. The van der Waals surface area contributed by atoms with Crippen LogP contribution < -0.4 is 20.9 Å². The lowest BCUT2D eigenvalue weighted by molar-refractivity contribution is -0.124. The zero-order valence-electron chi connectivity index (χ0n) is 16.0. The number of carbonyl (C=O) groups is 3. The van der Waals surface area contributed by atoms with Crippen molar-refractivity contribution in [2.24, 2.45) is 0 Å². The van der Waals surface area contributed by atoms with Gasteiger partial charge < -0.3 is 10.1 Å². The number of amides is 3. The van der Waals surface area contributed by atoms with Gasteiger partial charge in [0.1, 0.15) is 11.6 Å². The van der Waals surface area contributed by atoms with Crippen molar-refractivity contribution < 1.29 is 23.5 Å². The number of thioether (sulfide) groups is 1. The normalized spacial score (nSPS) is 10.3. The van der Waals surface area contributed by atoms with E-state index in [0.717, 1.165) is 0 Å². The van der Waals surface area contributed by atoms with Crippen LogP contribution in [0.4, 0.5) is 4.39 Å². The van der Waals surface area contributed by atoms with Gasteiger partial charge in [0.15, 0.2) is 6.61 Å². The van der Waals surface area contributed by atoms with E-state index in [1.807, 2.05) is 13.8 Å². The van der Waals surface area contributed by atoms with E-state index >= 15 is 0 Å². The average Bonchev–Trinajstić information content (AvgIpc) is 2.69. The summed E-state index contributed by atoms with van der Waals surface area (Å²) < 4.78 is 18.0. The van der Waals surface area contributed by atoms with E-state index in [9.17, 15) is 18.8 Å². The second kappa shape index (κ2) is 11.1. The maximum Gasteiger partial charge on any atom is 0.276 e. The molecule has 2 aromatic carbocycles. The Kier molecular flexibility index (Phi) is 8.47. The van der Waals surface area contributed by atoms with Crippen LogP contribution in [-0.2, 0) is 9.59 Å². The summed E-state index contributed by atoms with van der Waals surface area (Å²) in [5, 5.41) is 2.78. The number of hydrazine groups is 1. The average molecular weight is 419 g/mol. The van der Waals surface area contributed by atoms with Gasteiger partial charge in [-0.3, -0.25) is 25.2 Å². The Bertz CT molecular complexity index is 859. The van der Waals surface area contributed by atoms with Crippen LogP contribution >= 0.6 is 11.8 Å². The predicted molar refractivity (Wildman–Crippen MR) is 108 cm³/mol. The van der Waals surface area contributed by atoms with E-state index in [1.54, 1.807) is 24.3 Å². The number of hydrogen-bond acceptors (Lipinski definition) is 5. The van der Waals surface area contributed by atoms with Crippen LogP contribution in [0.15, 0.2) is 53.4 Å². The molecule has 3 amide bonds. The van der Waals surface area contributed by atoms with Crippen molar-refractivity contribution >= 4 is 29.5 Å². The zero-order chi connectivity index (χ0) is 21.2. The van der Waals surface area contributed by atoms with E-state index in [0.29, 0.717) is 16.2 Å². The second-order valence-electron chi connectivity index (χ2n) is 6.25. The van der Waals surface area contributed by atoms with Gasteiger partial charge in [-0.2, -0.15) is 0 Å². The van der Waals surface area contributed by atoms with Crippen molar-refractivity contribution in [2.75, 3.05) is 12.4 Å². The monoisotopic (exact) mass is 419 g/mol. The molecule has 0 heterocycles. The Morgan fingerprint density at radius 1 is 1.00 bits per heavy atom. The first-order chi connectivity index (χ1) is 13.8. The van der Waals surface area contributed by atoms with E-state index in [1.165, 1.54) is 36.0 Å². The van der Waals surface area contributed by atoms with Gasteiger partial charge in [0.2, 0.25) is 5.91 Å². The van der Waals surface area contributed by atoms with Gasteiger partial charge >= 0.3 is 0 Å². The van der Waals surface area contributed by atoms with Crippen molar-refractivity contribution in [2.45, 2.75) is 24.8 Å². The largest absolute Gasteiger partial charge is 0.484 e. The van der Waals surface area contributed by atoms with Crippen molar-refractivity contribution in [3.8, 4) is 5.75 Å². The molecule has 0 radical (unpaired) electrons. The topological polar surface area (TPSA) is 96.5 Å². The third-order valence-corrected chi connectivity index (χ3v) is 4.51. The van der Waals surface area contributed by atoms with Gasteiger partial charge in [-0.05, 0) is 50.2 Å². The third-order valence-electron chi connectivity index (χ3n) is 3.44. The smallest absolute Gasteiger partial charge is 0.276 e. The highest BCUT2D eigenvalue weighted by Gasteiger charge is 2.14. The first-order valence-electron chi connectivity index (χ1n) is 8.84. The van der Waals surface area contributed by atoms with Crippen LogP contribution in [0.1, 0.15) is 24.2 Å². The van der Waals surface area contributed by atoms with E-state index in [4.69, 9.17) is 4.74 Å². The molecule has 0 fully saturated rings. The van der Waals surface area contributed by atoms with Crippen LogP contribution in [0.5, 0.6) is 5.75 Å². The van der Waals surface area contributed by atoms with Crippen molar-refractivity contribution in [3.05, 3.63) is 59.9 Å². The molecule has 0 aliphatic rings. The molecule has 154 valence electrons. The molecule has 0 saturated heterocycles. The molecule has 0 atom stereocenters. The molecule has 0 unspecified atom stereocenters. The fraction of sp³-hybridized carbons (Fsp3) is 0.250. The summed E-state index contributed by atoms with van der Waals surface area (Å²) in [6.45, 7) is 3.39. The third kappa shape index (κ3) is 7.82. The molecular formula is C20H22FN3O4S. The highest BCUT2D eigenvalue weighted by Crippen LogP contribution is 2.22. The summed E-state index contributed by atoms with van der Waals surface area (Å²) in [4.78, 5) is 36.6. The van der Waals surface area contributed by atoms with Crippen LogP contribution in [0.25, 0.3) is 0 Å². The lowest BCUT2D eigenvalue weighted by Gasteiger charge is -2.12. The quantitative estimate of drug-likeness (QED) is 0.451. The van der Waals surface area contributed by atoms with Crippen molar-refractivity contribution in [3.63, 3.8) is 0 Å². The van der Waals surface area contributed by atoms with Gasteiger partial charge in [0.05, 0.1) is 11.3 Å². The molecular weight excluding hydrogens is 397 g/mol. The van der Waals surface area contributed by atoms with E-state index in [2.05, 4.69) is 16.2 Å². The highest BCUT2D eigenvalue weighted by molar-refractivity contribution is 8.00. The Labute approximate surface area is 172 Å². The lowest BCUT2D eigenvalue weighted by atomic mass is 10.2. The Balaban J connectivity index is 1.84. The predicted octanol–water partition coefficient (Wildman–Crippen LogP) is 2.28. The number of nitrogens with one attached hydrogen (secondary N) is 3. The first kappa shape index (κ1) is 22.2. The minimum Gasteiger partial charge on any atom is -0.484 e. The minimum absolute atomic E-state index is 0.0361. The molecule has 2 rings (SSSR count). The molecule has 3 N–H and O–H groups in total. The van der Waals surface area contributed by atoms with Gasteiger partial charge in [0.25, 0.3) is 11.8 Å². The zero-order valence-corrected chi connectivity index (χ0v) is 16.8. The molecule has 9 heteroatoms. The number of hydrogen-bond donors (Lipinski definition) is 3. The summed E-state index contributed by atoms with van der Waals surface area (Å²) in [6, 6.07) is 12.0. The number of rotatable bonds is 8. The maximum absolute atomic E-state index is 12.8. The number of ether oxygens (including phenoxy) is 1. The molecule has 0 aliphatic carbocycles. The summed E-state index contributed by atoms with van der Waals surface area (Å²) in [5.41, 5.74) is 4.89. The second-order valence-corrected chi connectivity index (χ2v) is 7.27. The summed E-state index contributed by atoms with van der Waals surface area (Å²) in [6.07, 6.45) is 0. The molecule has 0 aliphatic heterocycles. The van der Waals surface area contributed by atoms with E-state index in [-0.39, 0.29) is 24.3 Å². The lowest BCUT2D eigenvalue weighted by Crippen LogP contribution is -2.44. The van der Waals surface area contributed by atoms with Gasteiger partial charge in [-0.15, -0.1) is 11.8 Å². The van der Waals surface area contributed by atoms with Crippen LogP contribution in [0, 0.1) is 5.82 Å². The van der Waals surface area contributed by atoms with E-state index < -0.39 is 17.6 Å². The minimum atomic E-state index is -0.580. The molecule has 0 bridgehead atoms. The summed E-state index contributed by atoms with van der Waals surface area (Å²) >= 11 is 1.23. The van der Waals surface area contributed by atoms with Gasteiger partial charge in [-0.25, -0.2) is 4.39 Å². The number of benzene rings is 2. The summed E-state index contributed by atoms with van der Waals surface area (Å²) in [5.74, 6) is -1.15. The molecule has 2 aromatic rings. The van der Waals surface area contributed by atoms with Gasteiger partial charge in [0, 0.05) is 10.9 Å². The summed E-state index contributed by atoms with van der Waals surface area (Å²) in [7, 11) is 0. The van der Waals surface area contributed by atoms with Gasteiger partial charge in [-0.1, -0.05) is 12.1 Å². The van der Waals surface area contributed by atoms with Crippen molar-refractivity contribution in [1.29, 1.82) is 0 Å². The Hall–Kier alpha value is -3.07. The molecule has 0 spiro atoms. The molecule has 0 aromatic heterocycles. The number of carbonyl (C=O) groups excluding carboxylic acids is 3. The highest BCUT2D eigenvalue weighted by atomic mass is 32.2.